The number of aromatic nitrogens is 1. The van der Waals surface area contributed by atoms with Crippen LogP contribution in [0.15, 0.2) is 78.9 Å². The second-order valence-corrected chi connectivity index (χ2v) is 15.2. The van der Waals surface area contributed by atoms with Gasteiger partial charge in [-0.1, -0.05) is 80.1 Å². The number of thiazole rings is 1. The monoisotopic (exact) mass is 719 g/mol. The number of fused-ring (bicyclic) bond motifs is 4. The summed E-state index contributed by atoms with van der Waals surface area (Å²) in [7, 11) is -4.39. The molecule has 0 saturated carbocycles. The quantitative estimate of drug-likeness (QED) is 0.118. The highest BCUT2D eigenvalue weighted by atomic mass is 32.1. The number of rotatable bonds is 9. The Hall–Kier alpha value is -4.19. The highest BCUT2D eigenvalue weighted by molar-refractivity contribution is 7.63. The predicted octanol–water partition coefficient (Wildman–Crippen LogP) is 7.87. The third kappa shape index (κ3) is 6.20. The molecule has 0 bridgehead atoms. The predicted molar refractivity (Wildman–Crippen MR) is 187 cm³/mol. The number of alkyl halides is 3. The maximum absolute atomic E-state index is 15.3. The number of nitrogens with zero attached hydrogens (tertiary/aromatic N) is 1. The Bertz CT molecular complexity index is 2140. The zero-order valence-corrected chi connectivity index (χ0v) is 28.7. The van der Waals surface area contributed by atoms with E-state index >= 15 is 4.57 Å². The van der Waals surface area contributed by atoms with Gasteiger partial charge < -0.3 is 15.6 Å². The highest BCUT2D eigenvalue weighted by Gasteiger charge is 2.48. The molecule has 1 fully saturated rings. The van der Waals surface area contributed by atoms with Crippen molar-refractivity contribution in [3.63, 3.8) is 0 Å². The van der Waals surface area contributed by atoms with Crippen LogP contribution in [0.5, 0.6) is 0 Å². The van der Waals surface area contributed by atoms with Crippen molar-refractivity contribution in [2.45, 2.75) is 50.9 Å². The van der Waals surface area contributed by atoms with Crippen LogP contribution in [0.1, 0.15) is 64.7 Å². The zero-order valence-electron chi connectivity index (χ0n) is 27.0. The maximum atomic E-state index is 15.3. The van der Waals surface area contributed by atoms with E-state index in [1.54, 1.807) is 54.6 Å². The summed E-state index contributed by atoms with van der Waals surface area (Å²) in [6.07, 6.45) is -3.69. The number of nitrogens with two attached hydrogens (primary N) is 1. The first-order valence-corrected chi connectivity index (χ1v) is 18.7. The standard InChI is InChI=1S/C37H33F3N3O5PS/c1-2-3-13-24-29-28(22-14-7-8-15-23(22)30(29)35(45)42-20-37(38,39)40)32(33(44)21-11-5-4-6-12-21)34(49(46)47-19-18-27(41)48-49)31(24)36-43-25-16-9-10-17-26(25)50-36/h4-12,14-17,27,30H,2-3,13,18-20,41H2,1H3,(H,42,45). The molecule has 1 aliphatic heterocycles. The molecule has 50 heavy (non-hydrogen) atoms. The molecule has 8 nitrogen and oxygen atoms in total. The SMILES string of the molecule is CCCCc1c(-c2nc3ccccc3s2)c(P2(=O)OCCC(N)O2)c(C(=O)c2ccccc2)c2c1C(C(=O)NCC(F)(F)F)c1ccccc1-2. The topological polar surface area (TPSA) is 121 Å². The van der Waals surface area contributed by atoms with Crippen LogP contribution in [0, 0.1) is 0 Å². The summed E-state index contributed by atoms with van der Waals surface area (Å²) in [6, 6.07) is 22.7. The summed E-state index contributed by atoms with van der Waals surface area (Å²) in [5, 5.41) is 2.50. The third-order valence-corrected chi connectivity index (χ3v) is 12.1. The summed E-state index contributed by atoms with van der Waals surface area (Å²) < 4.78 is 68.6. The molecule has 3 unspecified atom stereocenters. The molecule has 3 atom stereocenters. The molecular formula is C37H33F3N3O5PS. The zero-order chi connectivity index (χ0) is 35.2. The molecule has 3 N–H and O–H groups in total. The van der Waals surface area contributed by atoms with Crippen LogP contribution in [-0.4, -0.2) is 42.2 Å². The van der Waals surface area contributed by atoms with Crippen LogP contribution in [0.4, 0.5) is 13.2 Å². The highest BCUT2D eigenvalue weighted by Crippen LogP contribution is 2.59. The van der Waals surface area contributed by atoms with E-state index in [2.05, 4.69) is 5.32 Å². The number of amides is 1. The van der Waals surface area contributed by atoms with E-state index in [4.69, 9.17) is 19.8 Å². The summed E-state index contributed by atoms with van der Waals surface area (Å²) in [5.74, 6) is -2.60. The molecular weight excluding hydrogens is 686 g/mol. The van der Waals surface area contributed by atoms with Gasteiger partial charge in [-0.15, -0.1) is 11.3 Å². The number of benzene rings is 4. The summed E-state index contributed by atoms with van der Waals surface area (Å²) in [4.78, 5) is 34.0. The van der Waals surface area contributed by atoms with Crippen molar-refractivity contribution >= 4 is 46.1 Å². The van der Waals surface area contributed by atoms with Gasteiger partial charge in [0.2, 0.25) is 5.91 Å². The molecule has 0 spiro atoms. The van der Waals surface area contributed by atoms with Crippen molar-refractivity contribution < 1.29 is 36.4 Å². The Balaban J connectivity index is 1.66. The minimum atomic E-state index is -4.65. The summed E-state index contributed by atoms with van der Waals surface area (Å²) in [6.45, 7) is 0.456. The van der Waals surface area contributed by atoms with E-state index in [0.29, 0.717) is 56.7 Å². The summed E-state index contributed by atoms with van der Waals surface area (Å²) in [5.41, 5.74) is 9.61. The second-order valence-electron chi connectivity index (χ2n) is 12.3. The number of ketones is 1. The molecule has 258 valence electrons. The number of carbonyl (C=O) groups is 2. The van der Waals surface area contributed by atoms with Gasteiger partial charge in [0.25, 0.3) is 0 Å². The van der Waals surface area contributed by atoms with Crippen molar-refractivity contribution in [2.24, 2.45) is 5.73 Å². The minimum Gasteiger partial charge on any atom is -0.346 e. The molecule has 1 aliphatic carbocycles. The lowest BCUT2D eigenvalue weighted by Crippen LogP contribution is -2.37. The van der Waals surface area contributed by atoms with E-state index in [1.807, 2.05) is 31.2 Å². The lowest BCUT2D eigenvalue weighted by Gasteiger charge is -2.32. The Morgan fingerprint density at radius 3 is 2.46 bits per heavy atom. The molecule has 2 heterocycles. The van der Waals surface area contributed by atoms with Gasteiger partial charge in [0.1, 0.15) is 17.8 Å². The van der Waals surface area contributed by atoms with Crippen LogP contribution < -0.4 is 16.4 Å². The number of hydrogen-bond donors (Lipinski definition) is 2. The van der Waals surface area contributed by atoms with E-state index in [-0.39, 0.29) is 29.5 Å². The molecule has 1 amide bonds. The molecule has 7 rings (SSSR count). The number of halogens is 3. The van der Waals surface area contributed by atoms with Crippen molar-refractivity contribution in [3.8, 4) is 21.7 Å². The van der Waals surface area contributed by atoms with E-state index in [1.165, 1.54) is 11.3 Å². The third-order valence-electron chi connectivity index (χ3n) is 8.94. The maximum Gasteiger partial charge on any atom is 0.405 e. The number of hydrogen-bond acceptors (Lipinski definition) is 8. The van der Waals surface area contributed by atoms with Crippen molar-refractivity contribution in [1.29, 1.82) is 0 Å². The minimum absolute atomic E-state index is 0.00284. The first-order chi connectivity index (χ1) is 24.0. The van der Waals surface area contributed by atoms with Gasteiger partial charge in [-0.2, -0.15) is 13.2 Å². The smallest absolute Gasteiger partial charge is 0.346 e. The Morgan fingerprint density at radius 1 is 1.02 bits per heavy atom. The first-order valence-electron chi connectivity index (χ1n) is 16.3. The van der Waals surface area contributed by atoms with Gasteiger partial charge in [-0.05, 0) is 52.8 Å². The van der Waals surface area contributed by atoms with Crippen LogP contribution in [0.25, 0.3) is 31.9 Å². The summed E-state index contributed by atoms with van der Waals surface area (Å²) >= 11 is 1.31. The number of carbonyl (C=O) groups excluding carboxylic acids is 2. The molecule has 5 aromatic rings. The first kappa shape index (κ1) is 34.3. The van der Waals surface area contributed by atoms with E-state index in [0.717, 1.165) is 11.1 Å². The number of nitrogens with one attached hydrogen (secondary N) is 1. The second kappa shape index (κ2) is 13.5. The van der Waals surface area contributed by atoms with Gasteiger partial charge in [-0.3, -0.25) is 18.7 Å². The fourth-order valence-corrected chi connectivity index (χ4v) is 10.0. The lowest BCUT2D eigenvalue weighted by molar-refractivity contribution is -0.138. The van der Waals surface area contributed by atoms with Gasteiger partial charge in [0.15, 0.2) is 5.78 Å². The van der Waals surface area contributed by atoms with Crippen LogP contribution in [0.3, 0.4) is 0 Å². The van der Waals surface area contributed by atoms with Crippen molar-refractivity contribution in [1.82, 2.24) is 10.3 Å². The fourth-order valence-electron chi connectivity index (χ4n) is 6.82. The van der Waals surface area contributed by atoms with Gasteiger partial charge in [0, 0.05) is 23.1 Å². The molecule has 4 aromatic carbocycles. The van der Waals surface area contributed by atoms with Crippen molar-refractivity contribution in [2.75, 3.05) is 13.2 Å². The molecule has 0 radical (unpaired) electrons. The van der Waals surface area contributed by atoms with Crippen molar-refractivity contribution in [3.05, 3.63) is 107 Å². The Kier molecular flexibility index (Phi) is 9.25. The largest absolute Gasteiger partial charge is 0.405 e. The molecule has 13 heteroatoms. The molecule has 1 aromatic heterocycles. The average Bonchev–Trinajstić information content (AvgIpc) is 3.68. The van der Waals surface area contributed by atoms with Gasteiger partial charge in [0.05, 0.1) is 28.0 Å². The average molecular weight is 720 g/mol. The van der Waals surface area contributed by atoms with Crippen LogP contribution >= 0.6 is 18.9 Å². The molecule has 2 aliphatic rings. The normalized spacial score (nSPS) is 20.0. The fraction of sp³-hybridized carbons (Fsp3) is 0.270. The van der Waals surface area contributed by atoms with E-state index in [9.17, 15) is 22.8 Å². The van der Waals surface area contributed by atoms with Crippen LogP contribution in [0.2, 0.25) is 0 Å². The Labute approximate surface area is 290 Å². The van der Waals surface area contributed by atoms with E-state index < -0.39 is 44.2 Å². The number of unbranched alkanes of at least 4 members (excludes halogenated alkanes) is 1. The van der Waals surface area contributed by atoms with Gasteiger partial charge >= 0.3 is 13.8 Å². The Morgan fingerprint density at radius 2 is 1.74 bits per heavy atom. The van der Waals surface area contributed by atoms with Gasteiger partial charge in [-0.25, -0.2) is 4.98 Å². The van der Waals surface area contributed by atoms with Crippen LogP contribution in [-0.2, 0) is 24.8 Å². The lowest BCUT2D eigenvalue weighted by atomic mass is 9.83. The number of para-hydroxylation sites is 1. The molecule has 1 saturated heterocycles.